The predicted molar refractivity (Wildman–Crippen MR) is 36.6 cm³/mol. The van der Waals surface area contributed by atoms with E-state index in [-0.39, 0.29) is 12.2 Å². The molecule has 10 heavy (non-hydrogen) atoms. The number of aliphatic hydroxyl groups is 2. The Kier molecular flexibility index (Phi) is 2.28. The van der Waals surface area contributed by atoms with Crippen LogP contribution in [0, 0.1) is 0 Å². The van der Waals surface area contributed by atoms with E-state index in [1.165, 1.54) is 0 Å². The first-order valence-corrected chi connectivity index (χ1v) is 3.63. The van der Waals surface area contributed by atoms with Crippen molar-refractivity contribution in [3.05, 3.63) is 0 Å². The second-order valence-electron chi connectivity index (χ2n) is 2.95. The average Bonchev–Trinajstić information content (AvgIpc) is 1.82. The van der Waals surface area contributed by atoms with Crippen LogP contribution in [0.25, 0.3) is 0 Å². The second kappa shape index (κ2) is 2.86. The van der Waals surface area contributed by atoms with E-state index in [2.05, 4.69) is 0 Å². The molecule has 1 aliphatic rings. The van der Waals surface area contributed by atoms with Gasteiger partial charge in [0.05, 0.1) is 18.3 Å². The molecule has 0 bridgehead atoms. The van der Waals surface area contributed by atoms with Crippen LogP contribution in [0.3, 0.4) is 0 Å². The van der Waals surface area contributed by atoms with Crippen LogP contribution in [0.4, 0.5) is 0 Å². The molecule has 0 saturated carbocycles. The van der Waals surface area contributed by atoms with Crippen molar-refractivity contribution in [3.8, 4) is 0 Å². The molecule has 1 saturated heterocycles. The summed E-state index contributed by atoms with van der Waals surface area (Å²) >= 11 is 0. The van der Waals surface area contributed by atoms with E-state index < -0.39 is 12.2 Å². The van der Waals surface area contributed by atoms with Gasteiger partial charge in [0.2, 0.25) is 0 Å². The van der Waals surface area contributed by atoms with Crippen molar-refractivity contribution < 1.29 is 14.9 Å². The molecule has 2 N–H and O–H groups in total. The van der Waals surface area contributed by atoms with E-state index >= 15 is 0 Å². The normalized spacial score (nSPS) is 49.2. The standard InChI is InChI=1S/C7H14O3/c1-4-3-6(8)7(9)5(2)10-4/h4-9H,3H2,1-2H3/t4-,5?,6+,7-/m0/s1. The number of rotatable bonds is 0. The molecule has 1 fully saturated rings. The Labute approximate surface area is 60.6 Å². The molecule has 0 aromatic rings. The number of aliphatic hydroxyl groups excluding tert-OH is 2. The second-order valence-corrected chi connectivity index (χ2v) is 2.95. The smallest absolute Gasteiger partial charge is 0.106 e. The van der Waals surface area contributed by atoms with Crippen LogP contribution in [0.5, 0.6) is 0 Å². The van der Waals surface area contributed by atoms with E-state index in [4.69, 9.17) is 4.74 Å². The number of hydrogen-bond acceptors (Lipinski definition) is 3. The van der Waals surface area contributed by atoms with E-state index in [0.29, 0.717) is 6.42 Å². The van der Waals surface area contributed by atoms with Crippen molar-refractivity contribution in [2.75, 3.05) is 0 Å². The molecule has 0 amide bonds. The van der Waals surface area contributed by atoms with Crippen molar-refractivity contribution in [1.82, 2.24) is 0 Å². The minimum Gasteiger partial charge on any atom is -0.390 e. The van der Waals surface area contributed by atoms with Gasteiger partial charge in [0.1, 0.15) is 6.10 Å². The monoisotopic (exact) mass is 146 g/mol. The van der Waals surface area contributed by atoms with Gasteiger partial charge >= 0.3 is 0 Å². The summed E-state index contributed by atoms with van der Waals surface area (Å²) in [6.07, 6.45) is -0.965. The first-order valence-electron chi connectivity index (χ1n) is 3.63. The molecule has 0 radical (unpaired) electrons. The Hall–Kier alpha value is -0.120. The first-order chi connectivity index (χ1) is 4.61. The average molecular weight is 146 g/mol. The molecular formula is C7H14O3. The topological polar surface area (TPSA) is 49.7 Å². The lowest BCUT2D eigenvalue weighted by Gasteiger charge is -2.33. The van der Waals surface area contributed by atoms with E-state index in [1.807, 2.05) is 6.92 Å². The quantitative estimate of drug-likeness (QED) is 0.502. The SMILES string of the molecule is CC1O[C@@H](C)C[C@@H](O)[C@H]1O. The summed E-state index contributed by atoms with van der Waals surface area (Å²) in [6, 6.07) is 0. The number of hydrogen-bond donors (Lipinski definition) is 2. The molecule has 1 heterocycles. The van der Waals surface area contributed by atoms with Crippen molar-refractivity contribution >= 4 is 0 Å². The fourth-order valence-corrected chi connectivity index (χ4v) is 1.29. The van der Waals surface area contributed by atoms with Gasteiger partial charge in [-0.2, -0.15) is 0 Å². The molecule has 3 nitrogen and oxygen atoms in total. The number of ether oxygens (including phenoxy) is 1. The maximum atomic E-state index is 9.19. The van der Waals surface area contributed by atoms with E-state index in [9.17, 15) is 10.2 Å². The zero-order chi connectivity index (χ0) is 7.72. The van der Waals surface area contributed by atoms with Gasteiger partial charge in [-0.15, -0.1) is 0 Å². The van der Waals surface area contributed by atoms with Crippen LogP contribution in [0.15, 0.2) is 0 Å². The fraction of sp³-hybridized carbons (Fsp3) is 1.00. The summed E-state index contributed by atoms with van der Waals surface area (Å²) in [5, 5.41) is 18.4. The Bertz CT molecular complexity index is 103. The molecule has 0 spiro atoms. The lowest BCUT2D eigenvalue weighted by molar-refractivity contribution is -0.156. The van der Waals surface area contributed by atoms with Crippen LogP contribution >= 0.6 is 0 Å². The van der Waals surface area contributed by atoms with Crippen LogP contribution in [-0.4, -0.2) is 34.6 Å². The molecule has 3 heteroatoms. The Balaban J connectivity index is 2.49. The van der Waals surface area contributed by atoms with Gasteiger partial charge in [0.15, 0.2) is 0 Å². The van der Waals surface area contributed by atoms with E-state index in [0.717, 1.165) is 0 Å². The third-order valence-electron chi connectivity index (χ3n) is 1.90. The molecule has 0 aromatic carbocycles. The zero-order valence-electron chi connectivity index (χ0n) is 6.32. The van der Waals surface area contributed by atoms with Gasteiger partial charge in [-0.05, 0) is 13.8 Å². The zero-order valence-corrected chi connectivity index (χ0v) is 6.32. The maximum absolute atomic E-state index is 9.19. The van der Waals surface area contributed by atoms with Gasteiger partial charge in [0.25, 0.3) is 0 Å². The minimum absolute atomic E-state index is 0.0633. The molecule has 60 valence electrons. The van der Waals surface area contributed by atoms with Crippen molar-refractivity contribution in [2.45, 2.75) is 44.7 Å². The molecule has 4 atom stereocenters. The van der Waals surface area contributed by atoms with Crippen LogP contribution < -0.4 is 0 Å². The maximum Gasteiger partial charge on any atom is 0.106 e. The summed E-state index contributed by atoms with van der Waals surface area (Å²) < 4.78 is 5.26. The van der Waals surface area contributed by atoms with Gasteiger partial charge in [-0.3, -0.25) is 0 Å². The third kappa shape index (κ3) is 1.48. The lowest BCUT2D eigenvalue weighted by atomic mass is 10.00. The van der Waals surface area contributed by atoms with Gasteiger partial charge in [0, 0.05) is 6.42 Å². The summed E-state index contributed by atoms with van der Waals surface area (Å²) in [4.78, 5) is 0. The molecule has 1 unspecified atom stereocenters. The summed E-state index contributed by atoms with van der Waals surface area (Å²) in [6.45, 7) is 3.66. The van der Waals surface area contributed by atoms with Crippen LogP contribution in [-0.2, 0) is 4.74 Å². The molecule has 1 rings (SSSR count). The molecular weight excluding hydrogens is 132 g/mol. The van der Waals surface area contributed by atoms with Crippen LogP contribution in [0.1, 0.15) is 20.3 Å². The predicted octanol–water partition coefficient (Wildman–Crippen LogP) is -0.0945. The lowest BCUT2D eigenvalue weighted by Crippen LogP contribution is -2.45. The summed E-state index contributed by atoms with van der Waals surface area (Å²) in [5.41, 5.74) is 0. The van der Waals surface area contributed by atoms with Gasteiger partial charge < -0.3 is 14.9 Å². The Morgan fingerprint density at radius 2 is 1.90 bits per heavy atom. The molecule has 0 aromatic heterocycles. The molecule has 1 aliphatic heterocycles. The van der Waals surface area contributed by atoms with Crippen molar-refractivity contribution in [1.29, 1.82) is 0 Å². The van der Waals surface area contributed by atoms with Gasteiger partial charge in [-0.25, -0.2) is 0 Å². The highest BCUT2D eigenvalue weighted by molar-refractivity contribution is 4.80. The fourth-order valence-electron chi connectivity index (χ4n) is 1.29. The minimum atomic E-state index is -0.712. The summed E-state index contributed by atoms with van der Waals surface area (Å²) in [5.74, 6) is 0. The highest BCUT2D eigenvalue weighted by atomic mass is 16.5. The first kappa shape index (κ1) is 7.98. The molecule has 0 aliphatic carbocycles. The Morgan fingerprint density at radius 3 is 2.40 bits per heavy atom. The highest BCUT2D eigenvalue weighted by Gasteiger charge is 2.31. The van der Waals surface area contributed by atoms with E-state index in [1.54, 1.807) is 6.92 Å². The summed E-state index contributed by atoms with van der Waals surface area (Å²) in [7, 11) is 0. The third-order valence-corrected chi connectivity index (χ3v) is 1.90. The van der Waals surface area contributed by atoms with Gasteiger partial charge in [-0.1, -0.05) is 0 Å². The highest BCUT2D eigenvalue weighted by Crippen LogP contribution is 2.19. The Morgan fingerprint density at radius 1 is 1.30 bits per heavy atom. The van der Waals surface area contributed by atoms with Crippen molar-refractivity contribution in [2.24, 2.45) is 0 Å². The largest absolute Gasteiger partial charge is 0.390 e. The van der Waals surface area contributed by atoms with Crippen molar-refractivity contribution in [3.63, 3.8) is 0 Å². The van der Waals surface area contributed by atoms with Crippen LogP contribution in [0.2, 0.25) is 0 Å².